The Balaban J connectivity index is 1.78. The van der Waals surface area contributed by atoms with Gasteiger partial charge in [-0.2, -0.15) is 5.10 Å². The zero-order valence-electron chi connectivity index (χ0n) is 9.36. The lowest BCUT2D eigenvalue weighted by Crippen LogP contribution is -2.29. The highest BCUT2D eigenvalue weighted by Gasteiger charge is 2.19. The van der Waals surface area contributed by atoms with Crippen LogP contribution in [0.15, 0.2) is 6.33 Å². The number of H-pyrrole nitrogens is 1. The Morgan fingerprint density at radius 3 is 3.25 bits per heavy atom. The van der Waals surface area contributed by atoms with E-state index < -0.39 is 0 Å². The molecule has 1 saturated heterocycles. The van der Waals surface area contributed by atoms with Gasteiger partial charge in [-0.25, -0.2) is 4.98 Å². The van der Waals surface area contributed by atoms with Crippen LogP contribution in [0.4, 0.5) is 0 Å². The lowest BCUT2D eigenvalue weighted by Gasteiger charge is -2.13. The van der Waals surface area contributed by atoms with Gasteiger partial charge >= 0.3 is 0 Å². The molecule has 0 radical (unpaired) electrons. The third-order valence-electron chi connectivity index (χ3n) is 2.86. The van der Waals surface area contributed by atoms with Gasteiger partial charge in [0.05, 0.1) is 6.04 Å². The third-order valence-corrected chi connectivity index (χ3v) is 2.86. The largest absolute Gasteiger partial charge is 0.346 e. The Kier molecular flexibility index (Phi) is 3.51. The fraction of sp³-hybridized carbons (Fsp3) is 0.700. The Bertz CT molecular complexity index is 331. The number of amides is 1. The van der Waals surface area contributed by atoms with Gasteiger partial charge in [0, 0.05) is 6.42 Å². The van der Waals surface area contributed by atoms with Crippen LogP contribution in [-0.4, -0.2) is 34.2 Å². The fourth-order valence-corrected chi connectivity index (χ4v) is 1.94. The summed E-state index contributed by atoms with van der Waals surface area (Å²) in [7, 11) is 0. The Hall–Kier alpha value is -1.43. The molecule has 2 heterocycles. The normalized spacial score (nSPS) is 21.9. The van der Waals surface area contributed by atoms with Gasteiger partial charge < -0.3 is 10.6 Å². The summed E-state index contributed by atoms with van der Waals surface area (Å²) in [4.78, 5) is 15.7. The number of carbonyl (C=O) groups is 1. The maximum absolute atomic E-state index is 11.7. The maximum Gasteiger partial charge on any atom is 0.220 e. The van der Waals surface area contributed by atoms with Crippen molar-refractivity contribution in [3.8, 4) is 0 Å². The van der Waals surface area contributed by atoms with Gasteiger partial charge in [0.15, 0.2) is 0 Å². The van der Waals surface area contributed by atoms with Gasteiger partial charge in [-0.3, -0.25) is 9.89 Å². The van der Waals surface area contributed by atoms with Gasteiger partial charge in [-0.15, -0.1) is 0 Å². The fourth-order valence-electron chi connectivity index (χ4n) is 1.94. The SMILES string of the molecule is CC(NC(=O)CC1CCNC1)c1ncn[nH]1. The predicted octanol–water partition coefficient (Wildman–Crippen LogP) is -0.0185. The summed E-state index contributed by atoms with van der Waals surface area (Å²) in [6.07, 6.45) is 3.12. The van der Waals surface area contributed by atoms with E-state index in [0.29, 0.717) is 18.2 Å². The van der Waals surface area contributed by atoms with E-state index in [2.05, 4.69) is 25.8 Å². The molecule has 1 fully saturated rings. The predicted molar refractivity (Wildman–Crippen MR) is 58.5 cm³/mol. The number of aromatic nitrogens is 3. The highest BCUT2D eigenvalue weighted by atomic mass is 16.1. The summed E-state index contributed by atoms with van der Waals surface area (Å²) in [5.41, 5.74) is 0. The minimum atomic E-state index is -0.107. The Morgan fingerprint density at radius 1 is 1.75 bits per heavy atom. The molecule has 1 aliphatic rings. The zero-order valence-corrected chi connectivity index (χ0v) is 9.36. The molecule has 3 N–H and O–H groups in total. The molecule has 0 spiro atoms. The lowest BCUT2D eigenvalue weighted by atomic mass is 10.0. The van der Waals surface area contributed by atoms with E-state index in [4.69, 9.17) is 0 Å². The monoisotopic (exact) mass is 223 g/mol. The van der Waals surface area contributed by atoms with Crippen molar-refractivity contribution >= 4 is 5.91 Å². The van der Waals surface area contributed by atoms with E-state index in [1.807, 2.05) is 6.92 Å². The molecular formula is C10H17N5O. The Morgan fingerprint density at radius 2 is 2.62 bits per heavy atom. The molecule has 0 saturated carbocycles. The minimum absolute atomic E-state index is 0.0811. The summed E-state index contributed by atoms with van der Waals surface area (Å²) in [5, 5.41) is 12.7. The molecule has 2 rings (SSSR count). The van der Waals surface area contributed by atoms with Crippen molar-refractivity contribution in [2.24, 2.45) is 5.92 Å². The first-order valence-electron chi connectivity index (χ1n) is 5.61. The van der Waals surface area contributed by atoms with Crippen LogP contribution in [0.2, 0.25) is 0 Å². The number of nitrogens with zero attached hydrogens (tertiary/aromatic N) is 2. The summed E-state index contributed by atoms with van der Waals surface area (Å²) in [6, 6.07) is -0.107. The molecule has 6 nitrogen and oxygen atoms in total. The molecule has 1 amide bonds. The Labute approximate surface area is 94.2 Å². The smallest absolute Gasteiger partial charge is 0.220 e. The van der Waals surface area contributed by atoms with E-state index in [0.717, 1.165) is 19.5 Å². The second-order valence-electron chi connectivity index (χ2n) is 4.22. The van der Waals surface area contributed by atoms with Crippen molar-refractivity contribution in [3.05, 3.63) is 12.2 Å². The van der Waals surface area contributed by atoms with Crippen LogP contribution in [0.5, 0.6) is 0 Å². The van der Waals surface area contributed by atoms with Crippen molar-refractivity contribution in [3.63, 3.8) is 0 Å². The summed E-state index contributed by atoms with van der Waals surface area (Å²) in [5.74, 6) is 1.25. The molecule has 6 heteroatoms. The number of rotatable bonds is 4. The quantitative estimate of drug-likeness (QED) is 0.670. The molecule has 0 bridgehead atoms. The van der Waals surface area contributed by atoms with E-state index in [1.54, 1.807) is 0 Å². The van der Waals surface area contributed by atoms with Crippen molar-refractivity contribution in [2.75, 3.05) is 13.1 Å². The van der Waals surface area contributed by atoms with Gasteiger partial charge in [-0.05, 0) is 32.4 Å². The second-order valence-corrected chi connectivity index (χ2v) is 4.22. The summed E-state index contributed by atoms with van der Waals surface area (Å²) >= 11 is 0. The molecule has 16 heavy (non-hydrogen) atoms. The van der Waals surface area contributed by atoms with Crippen LogP contribution < -0.4 is 10.6 Å². The third kappa shape index (κ3) is 2.79. The van der Waals surface area contributed by atoms with Gasteiger partial charge in [0.1, 0.15) is 12.2 Å². The minimum Gasteiger partial charge on any atom is -0.346 e. The molecule has 2 unspecified atom stereocenters. The van der Waals surface area contributed by atoms with Crippen molar-refractivity contribution in [2.45, 2.75) is 25.8 Å². The standard InChI is InChI=1S/C10H17N5O/c1-7(10-12-6-13-15-10)14-9(16)4-8-2-3-11-5-8/h6-8,11H,2-5H2,1H3,(H,14,16)(H,12,13,15). The van der Waals surface area contributed by atoms with Crippen LogP contribution >= 0.6 is 0 Å². The van der Waals surface area contributed by atoms with Crippen LogP contribution in [0, 0.1) is 5.92 Å². The number of hydrogen-bond acceptors (Lipinski definition) is 4. The van der Waals surface area contributed by atoms with E-state index >= 15 is 0 Å². The first kappa shape index (κ1) is 11.1. The number of aromatic amines is 1. The van der Waals surface area contributed by atoms with Crippen molar-refractivity contribution in [1.82, 2.24) is 25.8 Å². The highest BCUT2D eigenvalue weighted by molar-refractivity contribution is 5.76. The molecule has 0 aliphatic carbocycles. The maximum atomic E-state index is 11.7. The molecule has 0 aromatic carbocycles. The zero-order chi connectivity index (χ0) is 11.4. The molecule has 1 aromatic rings. The second kappa shape index (κ2) is 5.07. The number of hydrogen-bond donors (Lipinski definition) is 3. The van der Waals surface area contributed by atoms with Crippen LogP contribution in [0.25, 0.3) is 0 Å². The van der Waals surface area contributed by atoms with Crippen molar-refractivity contribution in [1.29, 1.82) is 0 Å². The molecule has 2 atom stereocenters. The number of carbonyl (C=O) groups excluding carboxylic acids is 1. The van der Waals surface area contributed by atoms with Crippen LogP contribution in [0.3, 0.4) is 0 Å². The van der Waals surface area contributed by atoms with Gasteiger partial charge in [0.2, 0.25) is 5.91 Å². The average Bonchev–Trinajstić information content (AvgIpc) is 2.88. The van der Waals surface area contributed by atoms with E-state index in [9.17, 15) is 4.79 Å². The van der Waals surface area contributed by atoms with Crippen LogP contribution in [0.1, 0.15) is 31.6 Å². The first-order chi connectivity index (χ1) is 7.75. The average molecular weight is 223 g/mol. The van der Waals surface area contributed by atoms with Crippen molar-refractivity contribution < 1.29 is 4.79 Å². The molecule has 1 aliphatic heterocycles. The van der Waals surface area contributed by atoms with Gasteiger partial charge in [0.25, 0.3) is 0 Å². The highest BCUT2D eigenvalue weighted by Crippen LogP contribution is 2.13. The van der Waals surface area contributed by atoms with E-state index in [-0.39, 0.29) is 11.9 Å². The van der Waals surface area contributed by atoms with Gasteiger partial charge in [-0.1, -0.05) is 0 Å². The first-order valence-corrected chi connectivity index (χ1v) is 5.61. The summed E-state index contributed by atoms with van der Waals surface area (Å²) in [6.45, 7) is 3.87. The summed E-state index contributed by atoms with van der Waals surface area (Å²) < 4.78 is 0. The van der Waals surface area contributed by atoms with Crippen LogP contribution in [-0.2, 0) is 4.79 Å². The number of nitrogens with one attached hydrogen (secondary N) is 3. The topological polar surface area (TPSA) is 82.7 Å². The molecule has 88 valence electrons. The lowest BCUT2D eigenvalue weighted by molar-refractivity contribution is -0.122. The molecule has 1 aromatic heterocycles. The van der Waals surface area contributed by atoms with E-state index in [1.165, 1.54) is 6.33 Å². The molecular weight excluding hydrogens is 206 g/mol.